The van der Waals surface area contributed by atoms with Gasteiger partial charge in [0, 0.05) is 30.3 Å². The zero-order chi connectivity index (χ0) is 23.4. The van der Waals surface area contributed by atoms with Crippen molar-refractivity contribution in [1.29, 1.82) is 0 Å². The van der Waals surface area contributed by atoms with Crippen LogP contribution < -0.4 is 15.4 Å². The minimum absolute atomic E-state index is 0.00475. The smallest absolute Gasteiger partial charge is 0.230 e. The lowest BCUT2D eigenvalue weighted by Crippen LogP contribution is -2.33. The number of rotatable bonds is 9. The number of nitrogens with zero attached hydrogens (tertiary/aromatic N) is 1. The molecule has 2 aromatic rings. The van der Waals surface area contributed by atoms with E-state index in [9.17, 15) is 14.4 Å². The van der Waals surface area contributed by atoms with Crippen molar-refractivity contribution < 1.29 is 19.1 Å². The van der Waals surface area contributed by atoms with E-state index in [1.165, 1.54) is 0 Å². The summed E-state index contributed by atoms with van der Waals surface area (Å²) in [5.74, 6) is 0.142. The van der Waals surface area contributed by atoms with Gasteiger partial charge in [-0.3, -0.25) is 14.4 Å². The first kappa shape index (κ1) is 22.8. The molecule has 0 spiro atoms. The van der Waals surface area contributed by atoms with Gasteiger partial charge in [-0.25, -0.2) is 0 Å². The van der Waals surface area contributed by atoms with E-state index in [4.69, 9.17) is 4.74 Å². The summed E-state index contributed by atoms with van der Waals surface area (Å²) in [4.78, 5) is 40.1. The van der Waals surface area contributed by atoms with Gasteiger partial charge in [0.15, 0.2) is 0 Å². The van der Waals surface area contributed by atoms with Crippen LogP contribution in [-0.2, 0) is 14.4 Å². The molecule has 2 N–H and O–H groups in total. The number of hydrogen-bond acceptors (Lipinski definition) is 4. The largest absolute Gasteiger partial charge is 0.497 e. The highest BCUT2D eigenvalue weighted by molar-refractivity contribution is 5.99. The number of methoxy groups -OCH3 is 1. The number of carbonyl (C=O) groups is 3. The molecule has 1 heterocycles. The Hall–Kier alpha value is -3.35. The Balaban J connectivity index is 1.52. The molecule has 1 aliphatic carbocycles. The summed E-state index contributed by atoms with van der Waals surface area (Å²) >= 11 is 0. The number of likely N-dealkylation sites (tertiary alicyclic amines) is 1. The number of nitrogens with one attached hydrogen (secondary N) is 2. The van der Waals surface area contributed by atoms with Crippen LogP contribution in [0.4, 0.5) is 11.4 Å². The van der Waals surface area contributed by atoms with Gasteiger partial charge >= 0.3 is 0 Å². The lowest BCUT2D eigenvalue weighted by molar-refractivity contribution is -0.129. The van der Waals surface area contributed by atoms with E-state index in [-0.39, 0.29) is 36.1 Å². The Morgan fingerprint density at radius 3 is 2.30 bits per heavy atom. The highest BCUT2D eigenvalue weighted by Crippen LogP contribution is 2.39. The number of carbonyl (C=O) groups excluding carboxylic acids is 3. The zero-order valence-corrected chi connectivity index (χ0v) is 19.2. The predicted octanol–water partition coefficient (Wildman–Crippen LogP) is 4.37. The molecule has 7 heteroatoms. The summed E-state index contributed by atoms with van der Waals surface area (Å²) in [7, 11) is 1.61. The number of benzene rings is 2. The lowest BCUT2D eigenvalue weighted by Gasteiger charge is -2.28. The second-order valence-corrected chi connectivity index (χ2v) is 8.80. The number of hydrogen-bond donors (Lipinski definition) is 2. The first-order valence-electron chi connectivity index (χ1n) is 11.7. The van der Waals surface area contributed by atoms with Gasteiger partial charge in [-0.2, -0.15) is 0 Å². The normalized spacial score (nSPS) is 19.9. The molecule has 1 aliphatic heterocycles. The standard InChI is InChI=1S/C26H31N3O4/c1-3-4-14-29-23(30)16-22(24(29)17-10-12-21(33-2)13-11-17)26(32)28-20-7-5-6-19(15-20)27-25(31)18-8-9-18/h5-7,10-13,15,18,22,24H,3-4,8-9,14,16H2,1-2H3,(H,27,31)(H,28,32). The van der Waals surface area contributed by atoms with Crippen LogP contribution in [0.15, 0.2) is 48.5 Å². The fourth-order valence-corrected chi connectivity index (χ4v) is 4.33. The number of anilines is 2. The van der Waals surface area contributed by atoms with Crippen molar-refractivity contribution in [2.24, 2.45) is 11.8 Å². The van der Waals surface area contributed by atoms with Crippen molar-refractivity contribution in [1.82, 2.24) is 4.90 Å². The second-order valence-electron chi connectivity index (χ2n) is 8.80. The van der Waals surface area contributed by atoms with Gasteiger partial charge in [0.2, 0.25) is 17.7 Å². The molecule has 33 heavy (non-hydrogen) atoms. The topological polar surface area (TPSA) is 87.7 Å². The fourth-order valence-electron chi connectivity index (χ4n) is 4.33. The zero-order valence-electron chi connectivity index (χ0n) is 19.2. The van der Waals surface area contributed by atoms with Gasteiger partial charge in [0.25, 0.3) is 0 Å². The summed E-state index contributed by atoms with van der Waals surface area (Å²) in [6, 6.07) is 14.4. The molecule has 0 bridgehead atoms. The highest BCUT2D eigenvalue weighted by Gasteiger charge is 2.44. The average molecular weight is 450 g/mol. The summed E-state index contributed by atoms with van der Waals surface area (Å²) < 4.78 is 5.27. The van der Waals surface area contributed by atoms with Crippen LogP contribution in [0.2, 0.25) is 0 Å². The number of ether oxygens (including phenoxy) is 1. The van der Waals surface area contributed by atoms with Crippen LogP contribution in [-0.4, -0.2) is 36.3 Å². The molecule has 2 unspecified atom stereocenters. The first-order valence-corrected chi connectivity index (χ1v) is 11.7. The van der Waals surface area contributed by atoms with Crippen LogP contribution in [0.5, 0.6) is 5.75 Å². The van der Waals surface area contributed by atoms with Gasteiger partial charge in [-0.1, -0.05) is 31.5 Å². The van der Waals surface area contributed by atoms with Gasteiger partial charge in [-0.05, 0) is 55.2 Å². The number of amides is 3. The fraction of sp³-hybridized carbons (Fsp3) is 0.423. The van der Waals surface area contributed by atoms with Crippen molar-refractivity contribution >= 4 is 29.1 Å². The van der Waals surface area contributed by atoms with Crippen molar-refractivity contribution in [3.63, 3.8) is 0 Å². The van der Waals surface area contributed by atoms with E-state index in [0.717, 1.165) is 37.0 Å². The van der Waals surface area contributed by atoms with E-state index in [0.29, 0.717) is 17.9 Å². The molecule has 1 saturated heterocycles. The minimum Gasteiger partial charge on any atom is -0.497 e. The molecule has 3 amide bonds. The summed E-state index contributed by atoms with van der Waals surface area (Å²) in [6.45, 7) is 2.71. The van der Waals surface area contributed by atoms with E-state index < -0.39 is 5.92 Å². The molecular formula is C26H31N3O4. The van der Waals surface area contributed by atoms with E-state index in [1.54, 1.807) is 25.3 Å². The van der Waals surface area contributed by atoms with Crippen molar-refractivity contribution in [2.45, 2.75) is 45.1 Å². The van der Waals surface area contributed by atoms with Crippen LogP contribution in [0.1, 0.15) is 50.6 Å². The molecule has 2 aliphatic rings. The molecule has 0 aromatic heterocycles. The maximum Gasteiger partial charge on any atom is 0.230 e. The Morgan fingerprint density at radius 2 is 1.70 bits per heavy atom. The Morgan fingerprint density at radius 1 is 1.03 bits per heavy atom. The third kappa shape index (κ3) is 5.35. The van der Waals surface area contributed by atoms with Crippen LogP contribution in [0.25, 0.3) is 0 Å². The third-order valence-corrected chi connectivity index (χ3v) is 6.32. The Labute approximate surface area is 194 Å². The molecule has 174 valence electrons. The summed E-state index contributed by atoms with van der Waals surface area (Å²) in [5.41, 5.74) is 2.17. The van der Waals surface area contributed by atoms with Crippen molar-refractivity contribution in [3.8, 4) is 5.75 Å². The quantitative estimate of drug-likeness (QED) is 0.595. The summed E-state index contributed by atoms with van der Waals surface area (Å²) in [6.07, 6.45) is 3.88. The lowest BCUT2D eigenvalue weighted by atomic mass is 9.92. The van der Waals surface area contributed by atoms with Gasteiger partial charge in [0.05, 0.1) is 19.1 Å². The minimum atomic E-state index is -0.507. The Kier molecular flexibility index (Phi) is 6.96. The molecule has 4 rings (SSSR count). The van der Waals surface area contributed by atoms with E-state index in [2.05, 4.69) is 17.6 Å². The molecular weight excluding hydrogens is 418 g/mol. The first-order chi connectivity index (χ1) is 16.0. The van der Waals surface area contributed by atoms with Gasteiger partial charge in [0.1, 0.15) is 5.75 Å². The van der Waals surface area contributed by atoms with Crippen molar-refractivity contribution in [3.05, 3.63) is 54.1 Å². The van der Waals surface area contributed by atoms with Crippen LogP contribution in [0.3, 0.4) is 0 Å². The number of unbranched alkanes of at least 4 members (excludes halogenated alkanes) is 1. The van der Waals surface area contributed by atoms with Crippen LogP contribution >= 0.6 is 0 Å². The van der Waals surface area contributed by atoms with Crippen molar-refractivity contribution in [2.75, 3.05) is 24.3 Å². The maximum absolute atomic E-state index is 13.3. The van der Waals surface area contributed by atoms with E-state index in [1.807, 2.05) is 35.2 Å². The van der Waals surface area contributed by atoms with Crippen LogP contribution in [0, 0.1) is 11.8 Å². The monoisotopic (exact) mass is 449 g/mol. The van der Waals surface area contributed by atoms with Gasteiger partial charge < -0.3 is 20.3 Å². The average Bonchev–Trinajstić information content (AvgIpc) is 3.62. The SMILES string of the molecule is CCCCN1C(=O)CC(C(=O)Nc2cccc(NC(=O)C3CC3)c2)C1c1ccc(OC)cc1. The molecule has 7 nitrogen and oxygen atoms in total. The van der Waals surface area contributed by atoms with E-state index >= 15 is 0 Å². The predicted molar refractivity (Wildman–Crippen MR) is 127 cm³/mol. The molecule has 2 atom stereocenters. The highest BCUT2D eigenvalue weighted by atomic mass is 16.5. The molecule has 1 saturated carbocycles. The molecule has 0 radical (unpaired) electrons. The molecule has 2 aromatic carbocycles. The Bertz CT molecular complexity index is 1020. The maximum atomic E-state index is 13.3. The third-order valence-electron chi connectivity index (χ3n) is 6.32. The van der Waals surface area contributed by atoms with Gasteiger partial charge in [-0.15, -0.1) is 0 Å². The second kappa shape index (κ2) is 10.1. The summed E-state index contributed by atoms with van der Waals surface area (Å²) in [5, 5.41) is 5.87. The molecule has 2 fully saturated rings.